The van der Waals surface area contributed by atoms with E-state index >= 15 is 0 Å². The van der Waals surface area contributed by atoms with Crippen molar-refractivity contribution in [2.24, 2.45) is 0 Å². The highest BCUT2D eigenvalue weighted by Crippen LogP contribution is 2.18. The lowest BCUT2D eigenvalue weighted by Gasteiger charge is -2.15. The first-order chi connectivity index (χ1) is 11.3. The number of anilines is 1. The number of pyridine rings is 1. The van der Waals surface area contributed by atoms with E-state index in [1.165, 1.54) is 18.3 Å². The van der Waals surface area contributed by atoms with Crippen LogP contribution in [0.2, 0.25) is 0 Å². The number of hydrogen-bond donors (Lipinski definition) is 3. The Morgan fingerprint density at radius 2 is 2.17 bits per heavy atom. The fourth-order valence-electron chi connectivity index (χ4n) is 2.10. The van der Waals surface area contributed by atoms with E-state index in [1.807, 2.05) is 0 Å². The van der Waals surface area contributed by atoms with Gasteiger partial charge in [-0.15, -0.1) is 0 Å². The Balaban J connectivity index is 1.84. The van der Waals surface area contributed by atoms with Crippen molar-refractivity contribution in [3.63, 3.8) is 0 Å². The summed E-state index contributed by atoms with van der Waals surface area (Å²) in [6.07, 6.45) is -1.07. The van der Waals surface area contributed by atoms with Crippen LogP contribution in [-0.2, 0) is 4.79 Å². The fourth-order valence-corrected chi connectivity index (χ4v) is 2.10. The summed E-state index contributed by atoms with van der Waals surface area (Å²) >= 11 is 0. The highest BCUT2D eigenvalue weighted by Gasteiger charge is 2.28. The number of alkyl halides is 3. The third-order valence-corrected chi connectivity index (χ3v) is 3.22. The standard InChI is InChI=1S/C14H17F3N4O3/c15-14(16,17)8-24-11-5-4-9(7-19-11)20-13(23)21-10-3-1-2-6-18-12(10)22/h4-5,7,10H,1-3,6,8H2,(H,18,22)(H2,20,21,23)/t10-/m1/s1. The van der Waals surface area contributed by atoms with Crippen LogP contribution in [0.5, 0.6) is 5.88 Å². The van der Waals surface area contributed by atoms with Gasteiger partial charge in [-0.1, -0.05) is 0 Å². The maximum Gasteiger partial charge on any atom is 0.422 e. The number of rotatable bonds is 4. The summed E-state index contributed by atoms with van der Waals surface area (Å²) in [6.45, 7) is -0.855. The summed E-state index contributed by atoms with van der Waals surface area (Å²) < 4.78 is 40.5. The van der Waals surface area contributed by atoms with Gasteiger partial charge < -0.3 is 20.7 Å². The lowest BCUT2D eigenvalue weighted by Crippen LogP contribution is -2.47. The number of amides is 3. The van der Waals surface area contributed by atoms with Gasteiger partial charge in [-0.2, -0.15) is 13.2 Å². The highest BCUT2D eigenvalue weighted by atomic mass is 19.4. The summed E-state index contributed by atoms with van der Waals surface area (Å²) in [5.41, 5.74) is 0.265. The maximum atomic E-state index is 12.0. The van der Waals surface area contributed by atoms with E-state index in [2.05, 4.69) is 25.7 Å². The molecule has 24 heavy (non-hydrogen) atoms. The first-order valence-electron chi connectivity index (χ1n) is 7.34. The molecule has 3 amide bonds. The van der Waals surface area contributed by atoms with Crippen LogP contribution in [0.4, 0.5) is 23.7 Å². The van der Waals surface area contributed by atoms with Crippen LogP contribution in [-0.4, -0.2) is 42.3 Å². The van der Waals surface area contributed by atoms with Crippen molar-refractivity contribution in [3.05, 3.63) is 18.3 Å². The monoisotopic (exact) mass is 346 g/mol. The Bertz CT molecular complexity index is 578. The molecule has 1 aliphatic heterocycles. The minimum absolute atomic E-state index is 0.207. The Hall–Kier alpha value is -2.52. The van der Waals surface area contributed by atoms with Gasteiger partial charge in [0.05, 0.1) is 11.9 Å². The number of nitrogens with zero attached hydrogens (tertiary/aromatic N) is 1. The van der Waals surface area contributed by atoms with E-state index in [0.717, 1.165) is 12.8 Å². The van der Waals surface area contributed by atoms with Crippen LogP contribution in [0.1, 0.15) is 19.3 Å². The van der Waals surface area contributed by atoms with Crippen molar-refractivity contribution < 1.29 is 27.5 Å². The molecule has 1 atom stereocenters. The summed E-state index contributed by atoms with van der Waals surface area (Å²) in [5, 5.41) is 7.70. The number of aromatic nitrogens is 1. The second-order valence-corrected chi connectivity index (χ2v) is 5.23. The Labute approximate surface area is 136 Å². The van der Waals surface area contributed by atoms with Crippen molar-refractivity contribution in [3.8, 4) is 5.88 Å². The van der Waals surface area contributed by atoms with Gasteiger partial charge in [0.25, 0.3) is 0 Å². The number of nitrogens with one attached hydrogen (secondary N) is 3. The first kappa shape index (κ1) is 17.8. The number of urea groups is 1. The maximum absolute atomic E-state index is 12.0. The average Bonchev–Trinajstić information content (AvgIpc) is 2.71. The van der Waals surface area contributed by atoms with Crippen LogP contribution in [0.15, 0.2) is 18.3 Å². The van der Waals surface area contributed by atoms with E-state index in [-0.39, 0.29) is 17.5 Å². The van der Waals surface area contributed by atoms with Crippen LogP contribution in [0, 0.1) is 0 Å². The molecule has 1 aliphatic rings. The van der Waals surface area contributed by atoms with Gasteiger partial charge in [-0.3, -0.25) is 4.79 Å². The van der Waals surface area contributed by atoms with Crippen molar-refractivity contribution >= 4 is 17.6 Å². The lowest BCUT2D eigenvalue weighted by molar-refractivity contribution is -0.154. The molecule has 0 unspecified atom stereocenters. The van der Waals surface area contributed by atoms with Crippen LogP contribution in [0.25, 0.3) is 0 Å². The van der Waals surface area contributed by atoms with Gasteiger partial charge >= 0.3 is 12.2 Å². The average molecular weight is 346 g/mol. The largest absolute Gasteiger partial charge is 0.468 e. The first-order valence-corrected chi connectivity index (χ1v) is 7.34. The topological polar surface area (TPSA) is 92.3 Å². The second kappa shape index (κ2) is 7.84. The molecule has 1 fully saturated rings. The number of carbonyl (C=O) groups excluding carboxylic acids is 2. The molecule has 2 heterocycles. The number of ether oxygens (including phenoxy) is 1. The number of hydrogen-bond acceptors (Lipinski definition) is 4. The molecular formula is C14H17F3N4O3. The van der Waals surface area contributed by atoms with Crippen molar-refractivity contribution in [1.29, 1.82) is 0 Å². The van der Waals surface area contributed by atoms with E-state index in [0.29, 0.717) is 13.0 Å². The molecule has 0 aromatic carbocycles. The molecule has 132 valence electrons. The van der Waals surface area contributed by atoms with Gasteiger partial charge in [0.2, 0.25) is 11.8 Å². The van der Waals surface area contributed by atoms with Gasteiger partial charge in [-0.05, 0) is 25.3 Å². The second-order valence-electron chi connectivity index (χ2n) is 5.23. The van der Waals surface area contributed by atoms with Gasteiger partial charge in [0.15, 0.2) is 6.61 Å². The van der Waals surface area contributed by atoms with E-state index in [4.69, 9.17) is 0 Å². The summed E-state index contributed by atoms with van der Waals surface area (Å²) in [7, 11) is 0. The third-order valence-electron chi connectivity index (χ3n) is 3.22. The predicted molar refractivity (Wildman–Crippen MR) is 78.6 cm³/mol. The molecule has 1 saturated heterocycles. The minimum atomic E-state index is -4.45. The van der Waals surface area contributed by atoms with Gasteiger partial charge in [0.1, 0.15) is 6.04 Å². The number of carbonyl (C=O) groups is 2. The molecule has 0 aliphatic carbocycles. The third kappa shape index (κ3) is 5.94. The van der Waals surface area contributed by atoms with E-state index in [9.17, 15) is 22.8 Å². The zero-order valence-corrected chi connectivity index (χ0v) is 12.7. The minimum Gasteiger partial charge on any atom is -0.468 e. The smallest absolute Gasteiger partial charge is 0.422 e. The molecule has 10 heteroatoms. The quantitative estimate of drug-likeness (QED) is 0.775. The molecule has 0 radical (unpaired) electrons. The molecule has 0 bridgehead atoms. The Kier molecular flexibility index (Phi) is 5.83. The zero-order chi connectivity index (χ0) is 17.6. The van der Waals surface area contributed by atoms with E-state index in [1.54, 1.807) is 0 Å². The van der Waals surface area contributed by atoms with Crippen molar-refractivity contribution in [2.75, 3.05) is 18.5 Å². The summed E-state index contributed by atoms with van der Waals surface area (Å²) in [5.74, 6) is -0.446. The molecule has 0 saturated carbocycles. The summed E-state index contributed by atoms with van der Waals surface area (Å²) in [4.78, 5) is 27.3. The fraction of sp³-hybridized carbons (Fsp3) is 0.500. The lowest BCUT2D eigenvalue weighted by atomic mass is 10.1. The van der Waals surface area contributed by atoms with Crippen molar-refractivity contribution in [2.45, 2.75) is 31.5 Å². The Morgan fingerprint density at radius 3 is 2.83 bits per heavy atom. The number of halogens is 3. The molecule has 0 spiro atoms. The zero-order valence-electron chi connectivity index (χ0n) is 12.7. The molecular weight excluding hydrogens is 329 g/mol. The summed E-state index contributed by atoms with van der Waals surface area (Å²) in [6, 6.07) is 1.35. The van der Waals surface area contributed by atoms with Crippen LogP contribution >= 0.6 is 0 Å². The SMILES string of the molecule is O=C(Nc1ccc(OCC(F)(F)F)nc1)N[C@@H]1CCCCNC1=O. The van der Waals surface area contributed by atoms with E-state index < -0.39 is 24.9 Å². The molecule has 7 nitrogen and oxygen atoms in total. The normalized spacial score (nSPS) is 18.3. The molecule has 3 N–H and O–H groups in total. The van der Waals surface area contributed by atoms with Crippen LogP contribution < -0.4 is 20.7 Å². The molecule has 1 aromatic heterocycles. The van der Waals surface area contributed by atoms with Crippen molar-refractivity contribution in [1.82, 2.24) is 15.6 Å². The van der Waals surface area contributed by atoms with Gasteiger partial charge in [-0.25, -0.2) is 9.78 Å². The molecule has 2 rings (SSSR count). The highest BCUT2D eigenvalue weighted by molar-refractivity contribution is 5.93. The Morgan fingerprint density at radius 1 is 1.38 bits per heavy atom. The predicted octanol–water partition coefficient (Wildman–Crippen LogP) is 1.81. The van der Waals surface area contributed by atoms with Gasteiger partial charge in [0, 0.05) is 12.6 Å². The molecule has 1 aromatic rings. The van der Waals surface area contributed by atoms with Crippen LogP contribution in [0.3, 0.4) is 0 Å².